The average molecular weight is 201 g/mol. The standard InChI is InChI=1S/C12H11NO2/c14-12-11(6-8-15-12)13-7-5-9-3-1-2-4-10(9)13/h1-5,7,11H,6,8H2. The molecule has 0 bridgehead atoms. The first-order valence-corrected chi connectivity index (χ1v) is 5.08. The topological polar surface area (TPSA) is 31.2 Å². The number of benzene rings is 1. The lowest BCUT2D eigenvalue weighted by Gasteiger charge is -2.09. The molecule has 0 N–H and O–H groups in total. The molecule has 1 aromatic heterocycles. The molecular weight excluding hydrogens is 190 g/mol. The molecule has 2 aromatic rings. The summed E-state index contributed by atoms with van der Waals surface area (Å²) in [5.74, 6) is -0.114. The molecule has 0 spiro atoms. The molecule has 0 saturated carbocycles. The molecule has 1 unspecified atom stereocenters. The molecule has 15 heavy (non-hydrogen) atoms. The van der Waals surface area contributed by atoms with Crippen molar-refractivity contribution >= 4 is 16.9 Å². The number of carbonyl (C=O) groups is 1. The van der Waals surface area contributed by atoms with E-state index in [9.17, 15) is 4.79 Å². The van der Waals surface area contributed by atoms with E-state index < -0.39 is 0 Å². The molecule has 1 saturated heterocycles. The lowest BCUT2D eigenvalue weighted by Crippen LogP contribution is -2.12. The number of para-hydroxylation sites is 1. The Bertz CT molecular complexity index is 515. The van der Waals surface area contributed by atoms with Crippen LogP contribution in [0.1, 0.15) is 12.5 Å². The highest BCUT2D eigenvalue weighted by Crippen LogP contribution is 2.26. The monoisotopic (exact) mass is 201 g/mol. The Morgan fingerprint density at radius 1 is 1.27 bits per heavy atom. The number of hydrogen-bond acceptors (Lipinski definition) is 2. The molecule has 1 aliphatic heterocycles. The van der Waals surface area contributed by atoms with E-state index in [1.165, 1.54) is 0 Å². The summed E-state index contributed by atoms with van der Waals surface area (Å²) in [6.45, 7) is 0.538. The SMILES string of the molecule is O=C1OCCC1n1ccc2ccccc21. The molecule has 3 nitrogen and oxygen atoms in total. The number of rotatable bonds is 1. The molecule has 76 valence electrons. The van der Waals surface area contributed by atoms with E-state index in [0.29, 0.717) is 6.61 Å². The fourth-order valence-electron chi connectivity index (χ4n) is 2.11. The minimum Gasteiger partial charge on any atom is -0.464 e. The first-order valence-electron chi connectivity index (χ1n) is 5.08. The van der Waals surface area contributed by atoms with Crippen molar-refractivity contribution in [2.75, 3.05) is 6.61 Å². The molecule has 0 amide bonds. The second-order valence-electron chi connectivity index (χ2n) is 3.75. The molecule has 1 aliphatic rings. The summed E-state index contributed by atoms with van der Waals surface area (Å²) in [6.07, 6.45) is 2.74. The Morgan fingerprint density at radius 2 is 2.13 bits per heavy atom. The lowest BCUT2D eigenvalue weighted by atomic mass is 10.2. The van der Waals surface area contributed by atoms with Gasteiger partial charge in [-0.05, 0) is 17.5 Å². The second kappa shape index (κ2) is 3.12. The van der Waals surface area contributed by atoms with Crippen molar-refractivity contribution in [1.29, 1.82) is 0 Å². The third-order valence-electron chi connectivity index (χ3n) is 2.87. The quantitative estimate of drug-likeness (QED) is 0.662. The van der Waals surface area contributed by atoms with Gasteiger partial charge in [-0.25, -0.2) is 4.79 Å². The van der Waals surface area contributed by atoms with Crippen molar-refractivity contribution in [2.45, 2.75) is 12.5 Å². The fourth-order valence-corrected chi connectivity index (χ4v) is 2.11. The first kappa shape index (κ1) is 8.53. The van der Waals surface area contributed by atoms with Crippen LogP contribution in [0.15, 0.2) is 36.5 Å². The van der Waals surface area contributed by atoms with Crippen molar-refractivity contribution in [2.24, 2.45) is 0 Å². The Labute approximate surface area is 87.3 Å². The van der Waals surface area contributed by atoms with Crippen molar-refractivity contribution in [3.63, 3.8) is 0 Å². The van der Waals surface area contributed by atoms with Crippen LogP contribution in [0.4, 0.5) is 0 Å². The highest BCUT2D eigenvalue weighted by atomic mass is 16.5. The second-order valence-corrected chi connectivity index (χ2v) is 3.75. The molecular formula is C12H11NO2. The zero-order valence-corrected chi connectivity index (χ0v) is 8.22. The van der Waals surface area contributed by atoms with E-state index in [1.54, 1.807) is 0 Å². The third kappa shape index (κ3) is 1.23. The summed E-state index contributed by atoms with van der Waals surface area (Å²) in [4.78, 5) is 11.5. The molecule has 1 aromatic carbocycles. The first-order chi connectivity index (χ1) is 7.36. The Hall–Kier alpha value is -1.77. The summed E-state index contributed by atoms with van der Waals surface area (Å²) < 4.78 is 6.98. The van der Waals surface area contributed by atoms with Gasteiger partial charge in [-0.1, -0.05) is 18.2 Å². The summed E-state index contributed by atoms with van der Waals surface area (Å²) in [5.41, 5.74) is 1.10. The van der Waals surface area contributed by atoms with Crippen molar-refractivity contribution in [1.82, 2.24) is 4.57 Å². The molecule has 3 heteroatoms. The lowest BCUT2D eigenvalue weighted by molar-refractivity contribution is -0.140. The average Bonchev–Trinajstić information content (AvgIpc) is 2.83. The molecule has 0 aliphatic carbocycles. The smallest absolute Gasteiger partial charge is 0.329 e. The van der Waals surface area contributed by atoms with Gasteiger partial charge in [-0.2, -0.15) is 0 Å². The van der Waals surface area contributed by atoms with E-state index in [2.05, 4.69) is 0 Å². The van der Waals surface area contributed by atoms with Gasteiger partial charge in [0.1, 0.15) is 6.04 Å². The number of cyclic esters (lactones) is 1. The number of nitrogens with zero attached hydrogens (tertiary/aromatic N) is 1. The minimum atomic E-state index is -0.134. The van der Waals surface area contributed by atoms with Crippen molar-refractivity contribution < 1.29 is 9.53 Å². The van der Waals surface area contributed by atoms with Crippen LogP contribution in [-0.2, 0) is 9.53 Å². The van der Waals surface area contributed by atoms with E-state index in [4.69, 9.17) is 4.74 Å². The third-order valence-corrected chi connectivity index (χ3v) is 2.87. The number of carbonyl (C=O) groups excluding carboxylic acids is 1. The van der Waals surface area contributed by atoms with Gasteiger partial charge in [0, 0.05) is 18.1 Å². The zero-order valence-electron chi connectivity index (χ0n) is 8.22. The molecule has 3 rings (SSSR count). The van der Waals surface area contributed by atoms with Crippen LogP contribution in [0, 0.1) is 0 Å². The van der Waals surface area contributed by atoms with Gasteiger partial charge in [-0.15, -0.1) is 0 Å². The maximum atomic E-state index is 11.5. The summed E-state index contributed by atoms with van der Waals surface area (Å²) in [7, 11) is 0. The molecule has 1 atom stereocenters. The number of ether oxygens (including phenoxy) is 1. The minimum absolute atomic E-state index is 0.114. The van der Waals surface area contributed by atoms with Gasteiger partial charge in [-0.3, -0.25) is 0 Å². The summed E-state index contributed by atoms with van der Waals surface area (Å²) in [5, 5.41) is 1.16. The van der Waals surface area contributed by atoms with E-state index >= 15 is 0 Å². The number of esters is 1. The van der Waals surface area contributed by atoms with Gasteiger partial charge in [0.2, 0.25) is 0 Å². The van der Waals surface area contributed by atoms with Crippen LogP contribution in [0.3, 0.4) is 0 Å². The Morgan fingerprint density at radius 3 is 2.93 bits per heavy atom. The van der Waals surface area contributed by atoms with E-state index in [1.807, 2.05) is 41.1 Å². The maximum absolute atomic E-state index is 11.5. The largest absolute Gasteiger partial charge is 0.464 e. The Kier molecular flexibility index (Phi) is 1.78. The van der Waals surface area contributed by atoms with Crippen LogP contribution in [0.5, 0.6) is 0 Å². The van der Waals surface area contributed by atoms with Crippen LogP contribution >= 0.6 is 0 Å². The van der Waals surface area contributed by atoms with Crippen LogP contribution in [0.2, 0.25) is 0 Å². The summed E-state index contributed by atoms with van der Waals surface area (Å²) in [6, 6.07) is 9.96. The predicted octanol–water partition coefficient (Wildman–Crippen LogP) is 2.13. The van der Waals surface area contributed by atoms with Crippen molar-refractivity contribution in [3.05, 3.63) is 36.5 Å². The van der Waals surface area contributed by atoms with E-state index in [0.717, 1.165) is 17.3 Å². The van der Waals surface area contributed by atoms with Crippen molar-refractivity contribution in [3.8, 4) is 0 Å². The number of aromatic nitrogens is 1. The van der Waals surface area contributed by atoms with Gasteiger partial charge in [0.25, 0.3) is 0 Å². The van der Waals surface area contributed by atoms with E-state index in [-0.39, 0.29) is 12.0 Å². The van der Waals surface area contributed by atoms with Crippen LogP contribution in [0.25, 0.3) is 10.9 Å². The van der Waals surface area contributed by atoms with Gasteiger partial charge in [0.15, 0.2) is 0 Å². The highest BCUT2D eigenvalue weighted by Gasteiger charge is 2.28. The van der Waals surface area contributed by atoms with Gasteiger partial charge in [0.05, 0.1) is 6.61 Å². The van der Waals surface area contributed by atoms with Gasteiger partial charge < -0.3 is 9.30 Å². The highest BCUT2D eigenvalue weighted by molar-refractivity contribution is 5.84. The zero-order chi connectivity index (χ0) is 10.3. The number of hydrogen-bond donors (Lipinski definition) is 0. The molecule has 2 heterocycles. The van der Waals surface area contributed by atoms with Crippen LogP contribution in [-0.4, -0.2) is 17.1 Å². The number of fused-ring (bicyclic) bond motifs is 1. The normalized spacial score (nSPS) is 20.8. The van der Waals surface area contributed by atoms with Crippen LogP contribution < -0.4 is 0 Å². The maximum Gasteiger partial charge on any atom is 0.329 e. The predicted molar refractivity (Wildman–Crippen MR) is 56.6 cm³/mol. The fraction of sp³-hybridized carbons (Fsp3) is 0.250. The summed E-state index contributed by atoms with van der Waals surface area (Å²) >= 11 is 0. The Balaban J connectivity index is 2.14. The molecule has 1 fully saturated rings. The van der Waals surface area contributed by atoms with Gasteiger partial charge >= 0.3 is 5.97 Å². The molecule has 0 radical (unpaired) electrons.